The molecule has 4 nitrogen and oxygen atoms in total. The third kappa shape index (κ3) is 4.09. The van der Waals surface area contributed by atoms with Gasteiger partial charge in [-0.15, -0.1) is 16.9 Å². The van der Waals surface area contributed by atoms with Gasteiger partial charge in [0.25, 0.3) is 5.92 Å². The Hall–Kier alpha value is -1.47. The van der Waals surface area contributed by atoms with Crippen LogP contribution < -0.4 is 0 Å². The number of hydrogen-bond acceptors (Lipinski definition) is 4. The predicted molar refractivity (Wildman–Crippen MR) is 87.9 cm³/mol. The molecule has 1 aliphatic rings. The average Bonchev–Trinajstić information content (AvgIpc) is 3.02. The van der Waals surface area contributed by atoms with Crippen molar-refractivity contribution < 1.29 is 8.78 Å². The van der Waals surface area contributed by atoms with Gasteiger partial charge in [-0.2, -0.15) is 0 Å². The van der Waals surface area contributed by atoms with Gasteiger partial charge in [-0.3, -0.25) is 4.68 Å². The first-order valence-electron chi connectivity index (χ1n) is 7.71. The van der Waals surface area contributed by atoms with Crippen LogP contribution >= 0.6 is 11.8 Å². The molecule has 0 N–H and O–H groups in total. The monoisotopic (exact) mass is 338 g/mol. The fraction of sp³-hybridized carbons (Fsp3) is 0.500. The molecule has 0 aliphatic carbocycles. The summed E-state index contributed by atoms with van der Waals surface area (Å²) in [5.41, 5.74) is 1.92. The Morgan fingerprint density at radius 2 is 1.91 bits per heavy atom. The zero-order valence-corrected chi connectivity index (χ0v) is 13.9. The third-order valence-corrected chi connectivity index (χ3v) is 4.95. The SMILES string of the molecule is CSc1ccccc1-c1cn(CCN2CCC(F)(F)CC2)nn1. The molecule has 1 fully saturated rings. The minimum Gasteiger partial charge on any atom is -0.301 e. The highest BCUT2D eigenvalue weighted by molar-refractivity contribution is 7.98. The summed E-state index contributed by atoms with van der Waals surface area (Å²) in [6.07, 6.45) is 3.87. The maximum atomic E-state index is 13.1. The van der Waals surface area contributed by atoms with Crippen molar-refractivity contribution >= 4 is 11.8 Å². The molecular weight excluding hydrogens is 318 g/mol. The van der Waals surface area contributed by atoms with E-state index in [4.69, 9.17) is 0 Å². The minimum atomic E-state index is -2.49. The second-order valence-electron chi connectivity index (χ2n) is 5.76. The summed E-state index contributed by atoms with van der Waals surface area (Å²) in [5, 5.41) is 8.41. The van der Waals surface area contributed by atoms with Crippen molar-refractivity contribution in [2.24, 2.45) is 0 Å². The first kappa shape index (κ1) is 16.4. The first-order chi connectivity index (χ1) is 11.1. The topological polar surface area (TPSA) is 34.0 Å². The number of alkyl halides is 2. The molecule has 3 rings (SSSR count). The van der Waals surface area contributed by atoms with Gasteiger partial charge in [-0.25, -0.2) is 8.78 Å². The Balaban J connectivity index is 1.60. The zero-order chi connectivity index (χ0) is 16.3. The average molecular weight is 338 g/mol. The van der Waals surface area contributed by atoms with Gasteiger partial charge in [0.05, 0.1) is 12.7 Å². The van der Waals surface area contributed by atoms with E-state index in [9.17, 15) is 8.78 Å². The standard InChI is InChI=1S/C16H20F2N4S/c1-23-15-5-3-2-4-13(15)14-12-22(20-19-14)11-10-21-8-6-16(17,18)7-9-21/h2-5,12H,6-11H2,1H3. The lowest BCUT2D eigenvalue weighted by Gasteiger charge is -2.31. The number of aromatic nitrogens is 3. The van der Waals surface area contributed by atoms with Crippen LogP contribution in [0.2, 0.25) is 0 Å². The van der Waals surface area contributed by atoms with Gasteiger partial charge >= 0.3 is 0 Å². The Morgan fingerprint density at radius 3 is 2.65 bits per heavy atom. The third-order valence-electron chi connectivity index (χ3n) is 4.15. The summed E-state index contributed by atoms with van der Waals surface area (Å²) in [6, 6.07) is 8.09. The summed E-state index contributed by atoms with van der Waals surface area (Å²) in [7, 11) is 0. The molecule has 1 aliphatic heterocycles. The lowest BCUT2D eigenvalue weighted by atomic mass is 10.1. The lowest BCUT2D eigenvalue weighted by Crippen LogP contribution is -2.40. The molecule has 2 heterocycles. The summed E-state index contributed by atoms with van der Waals surface area (Å²) in [4.78, 5) is 3.23. The fourth-order valence-electron chi connectivity index (χ4n) is 2.74. The van der Waals surface area contributed by atoms with Crippen LogP contribution in [-0.2, 0) is 6.54 Å². The molecule has 0 atom stereocenters. The van der Waals surface area contributed by atoms with Gasteiger partial charge in [0.2, 0.25) is 0 Å². The van der Waals surface area contributed by atoms with Crippen LogP contribution in [0.3, 0.4) is 0 Å². The molecule has 0 radical (unpaired) electrons. The smallest absolute Gasteiger partial charge is 0.250 e. The second-order valence-corrected chi connectivity index (χ2v) is 6.61. The van der Waals surface area contributed by atoms with E-state index in [0.717, 1.165) is 22.7 Å². The number of benzene rings is 1. The van der Waals surface area contributed by atoms with E-state index in [1.54, 1.807) is 16.4 Å². The van der Waals surface area contributed by atoms with Gasteiger partial charge in [0, 0.05) is 42.9 Å². The van der Waals surface area contributed by atoms with Crippen LogP contribution in [0.25, 0.3) is 11.3 Å². The van der Waals surface area contributed by atoms with Gasteiger partial charge in [-0.1, -0.05) is 23.4 Å². The van der Waals surface area contributed by atoms with E-state index in [1.165, 1.54) is 0 Å². The number of rotatable bonds is 5. The van der Waals surface area contributed by atoms with Crippen LogP contribution in [0.1, 0.15) is 12.8 Å². The van der Waals surface area contributed by atoms with Crippen LogP contribution in [0.4, 0.5) is 8.78 Å². The van der Waals surface area contributed by atoms with E-state index in [1.807, 2.05) is 30.7 Å². The van der Waals surface area contributed by atoms with Crippen molar-refractivity contribution in [3.63, 3.8) is 0 Å². The van der Waals surface area contributed by atoms with E-state index < -0.39 is 5.92 Å². The van der Waals surface area contributed by atoms with Gasteiger partial charge < -0.3 is 4.90 Å². The quantitative estimate of drug-likeness (QED) is 0.783. The van der Waals surface area contributed by atoms with Crippen LogP contribution in [0.5, 0.6) is 0 Å². The normalized spacial score (nSPS) is 18.2. The molecule has 23 heavy (non-hydrogen) atoms. The number of piperidine rings is 1. The fourth-order valence-corrected chi connectivity index (χ4v) is 3.34. The molecule has 0 bridgehead atoms. The molecule has 0 unspecified atom stereocenters. The Labute approximate surface area is 138 Å². The molecule has 1 saturated heterocycles. The van der Waals surface area contributed by atoms with Crippen LogP contribution in [0, 0.1) is 0 Å². The van der Waals surface area contributed by atoms with Gasteiger partial charge in [0.1, 0.15) is 5.69 Å². The van der Waals surface area contributed by atoms with Gasteiger partial charge in [0.15, 0.2) is 0 Å². The molecule has 0 saturated carbocycles. The van der Waals surface area contributed by atoms with Crippen LogP contribution in [-0.4, -0.2) is 51.7 Å². The number of thioether (sulfide) groups is 1. The summed E-state index contributed by atoms with van der Waals surface area (Å²) >= 11 is 1.68. The minimum absolute atomic E-state index is 0.0449. The van der Waals surface area contributed by atoms with Crippen molar-refractivity contribution in [3.05, 3.63) is 30.5 Å². The van der Waals surface area contributed by atoms with Crippen molar-refractivity contribution in [1.82, 2.24) is 19.9 Å². The van der Waals surface area contributed by atoms with Gasteiger partial charge in [-0.05, 0) is 12.3 Å². The molecular formula is C16H20F2N4S. The zero-order valence-electron chi connectivity index (χ0n) is 13.1. The highest BCUT2D eigenvalue weighted by Crippen LogP contribution is 2.29. The number of nitrogens with zero attached hydrogens (tertiary/aromatic N) is 4. The first-order valence-corrected chi connectivity index (χ1v) is 8.93. The summed E-state index contributed by atoms with van der Waals surface area (Å²) in [6.45, 7) is 2.29. The Morgan fingerprint density at radius 1 is 1.17 bits per heavy atom. The summed E-state index contributed by atoms with van der Waals surface area (Å²) in [5.74, 6) is -2.49. The number of halogens is 2. The second kappa shape index (κ2) is 6.97. The van der Waals surface area contributed by atoms with Crippen molar-refractivity contribution in [2.45, 2.75) is 30.2 Å². The Kier molecular flexibility index (Phi) is 4.96. The van der Waals surface area contributed by atoms with E-state index in [0.29, 0.717) is 19.6 Å². The molecule has 124 valence electrons. The largest absolute Gasteiger partial charge is 0.301 e. The van der Waals surface area contributed by atoms with Crippen molar-refractivity contribution in [3.8, 4) is 11.3 Å². The van der Waals surface area contributed by atoms with Crippen LogP contribution in [0.15, 0.2) is 35.4 Å². The van der Waals surface area contributed by atoms with E-state index >= 15 is 0 Å². The molecule has 7 heteroatoms. The van der Waals surface area contributed by atoms with E-state index in [2.05, 4.69) is 21.3 Å². The Bertz CT molecular complexity index is 649. The predicted octanol–water partition coefficient (Wildman–Crippen LogP) is 3.40. The highest BCUT2D eigenvalue weighted by Gasteiger charge is 2.33. The number of hydrogen-bond donors (Lipinski definition) is 0. The molecule has 0 amide bonds. The van der Waals surface area contributed by atoms with Crippen molar-refractivity contribution in [2.75, 3.05) is 25.9 Å². The molecule has 1 aromatic heterocycles. The molecule has 2 aromatic rings. The number of likely N-dealkylation sites (tertiary alicyclic amines) is 1. The molecule has 0 spiro atoms. The maximum Gasteiger partial charge on any atom is 0.250 e. The highest BCUT2D eigenvalue weighted by atomic mass is 32.2. The summed E-state index contributed by atoms with van der Waals surface area (Å²) < 4.78 is 28.1. The van der Waals surface area contributed by atoms with E-state index in [-0.39, 0.29) is 12.8 Å². The van der Waals surface area contributed by atoms with Crippen molar-refractivity contribution in [1.29, 1.82) is 0 Å². The molecule has 1 aromatic carbocycles. The maximum absolute atomic E-state index is 13.1. The lowest BCUT2D eigenvalue weighted by molar-refractivity contribution is -0.0555.